The van der Waals surface area contributed by atoms with Crippen molar-refractivity contribution in [1.29, 1.82) is 0 Å². The van der Waals surface area contributed by atoms with Gasteiger partial charge in [-0.1, -0.05) is 12.1 Å². The number of phenolic OH excluding ortho intramolecular Hbond substituents is 1. The molecule has 11 heteroatoms. The van der Waals surface area contributed by atoms with E-state index in [1.165, 1.54) is 0 Å². The number of β-amino-alcohol motifs (C(OH)–C–C–N with tert-alkyl or cyclic N) is 1. The maximum absolute atomic E-state index is 11.0. The molecule has 1 fully saturated rings. The highest BCUT2D eigenvalue weighted by Crippen LogP contribution is 2.28. The van der Waals surface area contributed by atoms with Gasteiger partial charge in [0.1, 0.15) is 11.5 Å². The number of aromatic nitrogens is 2. The summed E-state index contributed by atoms with van der Waals surface area (Å²) in [5.74, 6) is -2.60. The van der Waals surface area contributed by atoms with E-state index in [1.54, 1.807) is 19.4 Å². The van der Waals surface area contributed by atoms with Crippen LogP contribution in [0, 0.1) is 0 Å². The number of hydrogen-bond acceptors (Lipinski definition) is 8. The van der Waals surface area contributed by atoms with Crippen LogP contribution in [0.4, 0.5) is 0 Å². The molecule has 1 atom stereocenters. The number of aromatic amines is 1. The first-order valence-corrected chi connectivity index (χ1v) is 12.6. The highest BCUT2D eigenvalue weighted by atomic mass is 16.5. The lowest BCUT2D eigenvalue weighted by atomic mass is 10.0. The van der Waals surface area contributed by atoms with Crippen molar-refractivity contribution >= 4 is 33.7 Å². The first kappa shape index (κ1) is 27.8. The summed E-state index contributed by atoms with van der Waals surface area (Å²) in [6, 6.07) is 15.7. The van der Waals surface area contributed by atoms with Crippen molar-refractivity contribution in [3.05, 3.63) is 66.0 Å². The maximum Gasteiger partial charge on any atom is 0.414 e. The summed E-state index contributed by atoms with van der Waals surface area (Å²) in [4.78, 5) is 28.3. The third-order valence-electron chi connectivity index (χ3n) is 6.81. The highest BCUT2D eigenvalue weighted by molar-refractivity contribution is 6.27. The normalized spacial score (nSPS) is 15.0. The van der Waals surface area contributed by atoms with Gasteiger partial charge in [-0.05, 0) is 67.9 Å². The fraction of sp³-hybridized carbons (Fsp3) is 0.321. The smallest absolute Gasteiger partial charge is 0.414 e. The number of carboxylic acids is 2. The van der Waals surface area contributed by atoms with Gasteiger partial charge in [-0.25, -0.2) is 9.59 Å². The summed E-state index contributed by atoms with van der Waals surface area (Å²) < 4.78 is 5.36. The Morgan fingerprint density at radius 2 is 1.87 bits per heavy atom. The van der Waals surface area contributed by atoms with Crippen LogP contribution in [0.1, 0.15) is 30.2 Å². The zero-order chi connectivity index (χ0) is 27.9. The average Bonchev–Trinajstić information content (AvgIpc) is 3.37. The Hall–Kier alpha value is -4.19. The Balaban J connectivity index is 0.000000531. The number of likely N-dealkylation sites (tertiary alicyclic amines) is 1. The van der Waals surface area contributed by atoms with E-state index in [0.29, 0.717) is 12.6 Å². The van der Waals surface area contributed by atoms with Gasteiger partial charge in [0.15, 0.2) is 0 Å². The minimum Gasteiger partial charge on any atom is -0.506 e. The molecule has 1 saturated heterocycles. The van der Waals surface area contributed by atoms with Crippen molar-refractivity contribution in [3.63, 3.8) is 0 Å². The summed E-state index contributed by atoms with van der Waals surface area (Å²) in [6.07, 6.45) is 3.24. The first-order chi connectivity index (χ1) is 18.7. The number of methoxy groups -OCH3 is 1. The van der Waals surface area contributed by atoms with Crippen LogP contribution in [-0.2, 0) is 16.1 Å². The monoisotopic (exact) mass is 536 g/mol. The van der Waals surface area contributed by atoms with Gasteiger partial charge >= 0.3 is 11.9 Å². The van der Waals surface area contributed by atoms with Gasteiger partial charge in [0.25, 0.3) is 0 Å². The molecule has 4 aromatic rings. The van der Waals surface area contributed by atoms with Gasteiger partial charge in [0.2, 0.25) is 0 Å². The number of aliphatic carboxylic acids is 2. The number of carboxylic acid groups (broad SMARTS) is 2. The van der Waals surface area contributed by atoms with Gasteiger partial charge in [0.05, 0.1) is 24.2 Å². The Morgan fingerprint density at radius 1 is 1.13 bits per heavy atom. The minimum atomic E-state index is -1.82. The zero-order valence-corrected chi connectivity index (χ0v) is 21.5. The van der Waals surface area contributed by atoms with Crippen LogP contribution in [0.25, 0.3) is 21.8 Å². The van der Waals surface area contributed by atoms with Crippen molar-refractivity contribution in [2.24, 2.45) is 0 Å². The molecule has 3 heterocycles. The van der Waals surface area contributed by atoms with E-state index < -0.39 is 18.0 Å². The second kappa shape index (κ2) is 12.6. The van der Waals surface area contributed by atoms with Crippen LogP contribution in [-0.4, -0.2) is 80.0 Å². The van der Waals surface area contributed by atoms with Crippen molar-refractivity contribution < 1.29 is 34.8 Å². The number of para-hydroxylation sites is 1. The molecule has 5 rings (SSSR count). The van der Waals surface area contributed by atoms with Gasteiger partial charge in [-0.3, -0.25) is 4.98 Å². The number of nitrogens with one attached hydrogen (secondary N) is 2. The molecule has 39 heavy (non-hydrogen) atoms. The largest absolute Gasteiger partial charge is 0.506 e. The highest BCUT2D eigenvalue weighted by Gasteiger charge is 2.22. The number of nitrogens with zero attached hydrogens (tertiary/aromatic N) is 2. The molecule has 2 aromatic carbocycles. The topological polar surface area (TPSA) is 168 Å². The van der Waals surface area contributed by atoms with E-state index in [9.17, 15) is 10.2 Å². The van der Waals surface area contributed by atoms with Crippen molar-refractivity contribution in [1.82, 2.24) is 20.2 Å². The van der Waals surface area contributed by atoms with Crippen LogP contribution >= 0.6 is 0 Å². The van der Waals surface area contributed by atoms with Crippen LogP contribution in [0.5, 0.6) is 11.5 Å². The van der Waals surface area contributed by atoms with Gasteiger partial charge in [-0.2, -0.15) is 0 Å². The molecule has 0 amide bonds. The molecule has 1 aliphatic rings. The fourth-order valence-electron chi connectivity index (χ4n) is 4.77. The van der Waals surface area contributed by atoms with E-state index in [-0.39, 0.29) is 5.75 Å². The van der Waals surface area contributed by atoms with Gasteiger partial charge in [0, 0.05) is 41.8 Å². The van der Waals surface area contributed by atoms with Gasteiger partial charge < -0.3 is 40.4 Å². The SMILES string of the molecule is COc1ccc2nccc([C@@H](O)CN3CCC(NCc4cc5cccc(O)c5[nH]4)CC3)c2c1.O=C(O)C(=O)O. The number of aromatic hydroxyl groups is 1. The molecule has 2 aromatic heterocycles. The Labute approximate surface area is 224 Å². The first-order valence-electron chi connectivity index (χ1n) is 12.6. The van der Waals surface area contributed by atoms with Crippen LogP contribution in [0.15, 0.2) is 54.7 Å². The van der Waals surface area contributed by atoms with E-state index in [2.05, 4.69) is 26.3 Å². The minimum absolute atomic E-state index is 0.283. The molecule has 0 unspecified atom stereocenters. The molecule has 206 valence electrons. The second-order valence-corrected chi connectivity index (χ2v) is 9.40. The van der Waals surface area contributed by atoms with E-state index in [1.807, 2.05) is 36.4 Å². The Morgan fingerprint density at radius 3 is 2.54 bits per heavy atom. The molecule has 0 radical (unpaired) electrons. The lowest BCUT2D eigenvalue weighted by Gasteiger charge is -2.33. The molecule has 0 bridgehead atoms. The molecule has 6 N–H and O–H groups in total. The van der Waals surface area contributed by atoms with Crippen molar-refractivity contribution in [2.45, 2.75) is 31.5 Å². The molecular weight excluding hydrogens is 504 g/mol. The number of benzene rings is 2. The number of carbonyl (C=O) groups is 2. The summed E-state index contributed by atoms with van der Waals surface area (Å²) >= 11 is 0. The summed E-state index contributed by atoms with van der Waals surface area (Å²) in [7, 11) is 1.65. The molecule has 0 saturated carbocycles. The molecular formula is C28H32N4O7. The Kier molecular flexibility index (Phi) is 8.97. The van der Waals surface area contributed by atoms with Crippen LogP contribution < -0.4 is 10.1 Å². The average molecular weight is 537 g/mol. The number of rotatable bonds is 7. The molecule has 1 aliphatic heterocycles. The third-order valence-corrected chi connectivity index (χ3v) is 6.81. The summed E-state index contributed by atoms with van der Waals surface area (Å²) in [6.45, 7) is 3.22. The van der Waals surface area contributed by atoms with Crippen LogP contribution in [0.2, 0.25) is 0 Å². The van der Waals surface area contributed by atoms with Crippen molar-refractivity contribution in [3.8, 4) is 11.5 Å². The number of fused-ring (bicyclic) bond motifs is 2. The van der Waals surface area contributed by atoms with Crippen LogP contribution in [0.3, 0.4) is 0 Å². The standard InChI is InChI=1S/C26H30N4O3.C2H2O4/c1-33-20-5-6-23-22(14-20)21(7-10-27-23)25(32)16-30-11-8-18(9-12-30)28-15-19-13-17-3-2-4-24(31)26(17)29-19;3-1(4)2(5)6/h2-7,10,13-14,18,25,28-29,31-32H,8-9,11-12,15-16H2,1H3;(H,3,4)(H,5,6)/t25-;/m0./s1. The quantitative estimate of drug-likeness (QED) is 0.193. The number of ether oxygens (including phenoxy) is 1. The Bertz CT molecular complexity index is 1430. The second-order valence-electron chi connectivity index (χ2n) is 9.40. The van der Waals surface area contributed by atoms with Crippen molar-refractivity contribution in [2.75, 3.05) is 26.7 Å². The lowest BCUT2D eigenvalue weighted by Crippen LogP contribution is -2.43. The number of H-pyrrole nitrogens is 1. The van der Waals surface area contributed by atoms with E-state index in [0.717, 1.165) is 71.3 Å². The number of hydrogen-bond donors (Lipinski definition) is 6. The van der Waals surface area contributed by atoms with Gasteiger partial charge in [-0.15, -0.1) is 0 Å². The number of phenols is 1. The maximum atomic E-state index is 11.0. The zero-order valence-electron chi connectivity index (χ0n) is 21.5. The number of aliphatic hydroxyl groups excluding tert-OH is 1. The summed E-state index contributed by atoms with van der Waals surface area (Å²) in [5, 5.41) is 41.4. The predicted molar refractivity (Wildman–Crippen MR) is 145 cm³/mol. The van der Waals surface area contributed by atoms with E-state index in [4.69, 9.17) is 24.5 Å². The molecule has 11 nitrogen and oxygen atoms in total. The summed E-state index contributed by atoms with van der Waals surface area (Å²) in [5.41, 5.74) is 3.62. The number of pyridine rings is 1. The number of aliphatic hydroxyl groups is 1. The molecule has 0 aliphatic carbocycles. The third kappa shape index (κ3) is 7.02. The van der Waals surface area contributed by atoms with E-state index >= 15 is 0 Å². The lowest BCUT2D eigenvalue weighted by molar-refractivity contribution is -0.159. The number of piperidine rings is 1. The molecule has 0 spiro atoms. The fourth-order valence-corrected chi connectivity index (χ4v) is 4.77. The predicted octanol–water partition coefficient (Wildman–Crippen LogP) is 2.87.